The molecule has 2 aliphatic rings. The van der Waals surface area contributed by atoms with Crippen LogP contribution in [0.2, 0.25) is 0 Å². The molecule has 4 nitrogen and oxygen atoms in total. The number of hydrogen-bond donors (Lipinski definition) is 2. The molecule has 1 spiro atoms. The summed E-state index contributed by atoms with van der Waals surface area (Å²) in [6, 6.07) is 0. The molecule has 2 heterocycles. The Labute approximate surface area is 71.6 Å². The van der Waals surface area contributed by atoms with Crippen molar-refractivity contribution in [2.45, 2.75) is 12.0 Å². The molecule has 2 saturated heterocycles. The predicted octanol–water partition coefficient (Wildman–Crippen LogP) is -0.749. The first-order valence-corrected chi connectivity index (χ1v) is 4.09. The SMILES string of the molecule is C=C1NC(=O)C2(CCN(C)C2)N1. The first-order valence-electron chi connectivity index (χ1n) is 4.09. The lowest BCUT2D eigenvalue weighted by molar-refractivity contribution is -0.123. The normalized spacial score (nSPS) is 35.8. The first-order chi connectivity index (χ1) is 5.62. The fourth-order valence-corrected chi connectivity index (χ4v) is 1.92. The lowest BCUT2D eigenvalue weighted by Gasteiger charge is -2.19. The lowest BCUT2D eigenvalue weighted by Crippen LogP contribution is -2.48. The molecule has 0 aromatic carbocycles. The van der Waals surface area contributed by atoms with Crippen LogP contribution in [0.3, 0.4) is 0 Å². The van der Waals surface area contributed by atoms with Gasteiger partial charge in [-0.05, 0) is 13.5 Å². The van der Waals surface area contributed by atoms with Crippen LogP contribution in [0, 0.1) is 0 Å². The Hall–Kier alpha value is -1.03. The van der Waals surface area contributed by atoms with Crippen molar-refractivity contribution < 1.29 is 4.79 Å². The summed E-state index contributed by atoms with van der Waals surface area (Å²) in [7, 11) is 2.02. The quantitative estimate of drug-likeness (QED) is 0.499. The number of carbonyl (C=O) groups is 1. The average Bonchev–Trinajstić information content (AvgIpc) is 2.43. The third-order valence-corrected chi connectivity index (χ3v) is 2.55. The molecule has 66 valence electrons. The van der Waals surface area contributed by atoms with Gasteiger partial charge in [0.05, 0.1) is 5.82 Å². The molecule has 1 amide bonds. The zero-order valence-corrected chi connectivity index (χ0v) is 7.18. The van der Waals surface area contributed by atoms with Gasteiger partial charge >= 0.3 is 0 Å². The van der Waals surface area contributed by atoms with Crippen LogP contribution in [0.15, 0.2) is 12.4 Å². The summed E-state index contributed by atoms with van der Waals surface area (Å²) in [5, 5.41) is 5.81. The van der Waals surface area contributed by atoms with E-state index in [1.54, 1.807) is 0 Å². The largest absolute Gasteiger partial charge is 0.357 e. The molecule has 1 unspecified atom stereocenters. The van der Waals surface area contributed by atoms with Crippen LogP contribution in [-0.4, -0.2) is 36.5 Å². The molecule has 2 rings (SSSR count). The zero-order chi connectivity index (χ0) is 8.77. The van der Waals surface area contributed by atoms with Crippen LogP contribution >= 0.6 is 0 Å². The maximum atomic E-state index is 11.5. The number of likely N-dealkylation sites (tertiary alicyclic amines) is 1. The fraction of sp³-hybridized carbons (Fsp3) is 0.625. The zero-order valence-electron chi connectivity index (χ0n) is 7.18. The van der Waals surface area contributed by atoms with E-state index in [1.165, 1.54) is 0 Å². The van der Waals surface area contributed by atoms with Gasteiger partial charge in [-0.3, -0.25) is 4.79 Å². The summed E-state index contributed by atoms with van der Waals surface area (Å²) in [4.78, 5) is 13.6. The van der Waals surface area contributed by atoms with Crippen LogP contribution in [-0.2, 0) is 4.79 Å². The molecule has 2 aliphatic heterocycles. The smallest absolute Gasteiger partial charge is 0.252 e. The lowest BCUT2D eigenvalue weighted by atomic mass is 10.00. The molecule has 0 aromatic rings. The Kier molecular flexibility index (Phi) is 1.41. The van der Waals surface area contributed by atoms with E-state index in [1.807, 2.05) is 7.05 Å². The highest BCUT2D eigenvalue weighted by molar-refractivity contribution is 5.91. The maximum absolute atomic E-state index is 11.5. The number of nitrogens with zero attached hydrogens (tertiary/aromatic N) is 1. The van der Waals surface area contributed by atoms with Gasteiger partial charge in [0.15, 0.2) is 0 Å². The van der Waals surface area contributed by atoms with E-state index >= 15 is 0 Å². The summed E-state index contributed by atoms with van der Waals surface area (Å²) < 4.78 is 0. The number of amides is 1. The van der Waals surface area contributed by atoms with Crippen molar-refractivity contribution in [2.75, 3.05) is 20.1 Å². The van der Waals surface area contributed by atoms with E-state index in [9.17, 15) is 4.79 Å². The Balaban J connectivity index is 2.22. The first kappa shape index (κ1) is 7.61. The minimum atomic E-state index is -0.383. The maximum Gasteiger partial charge on any atom is 0.252 e. The highest BCUT2D eigenvalue weighted by atomic mass is 16.2. The van der Waals surface area contributed by atoms with Gasteiger partial charge in [-0.25, -0.2) is 0 Å². The number of hydrogen-bond acceptors (Lipinski definition) is 3. The van der Waals surface area contributed by atoms with Gasteiger partial charge in [-0.15, -0.1) is 0 Å². The Morgan fingerprint density at radius 3 is 2.83 bits per heavy atom. The van der Waals surface area contributed by atoms with Gasteiger partial charge < -0.3 is 15.5 Å². The van der Waals surface area contributed by atoms with Gasteiger partial charge in [0.2, 0.25) is 0 Å². The van der Waals surface area contributed by atoms with E-state index in [4.69, 9.17) is 0 Å². The van der Waals surface area contributed by atoms with Gasteiger partial charge in [0, 0.05) is 13.1 Å². The van der Waals surface area contributed by atoms with E-state index in [0.29, 0.717) is 5.82 Å². The minimum Gasteiger partial charge on any atom is -0.357 e. The number of nitrogens with one attached hydrogen (secondary N) is 2. The molecule has 1 atom stereocenters. The van der Waals surface area contributed by atoms with Gasteiger partial charge in [0.25, 0.3) is 5.91 Å². The molecule has 0 aliphatic carbocycles. The van der Waals surface area contributed by atoms with Gasteiger partial charge in [-0.2, -0.15) is 0 Å². The van der Waals surface area contributed by atoms with Crippen LogP contribution in [0.4, 0.5) is 0 Å². The van der Waals surface area contributed by atoms with Crippen molar-refractivity contribution >= 4 is 5.91 Å². The highest BCUT2D eigenvalue weighted by Gasteiger charge is 2.47. The molecule has 0 saturated carbocycles. The Bertz CT molecular complexity index is 251. The molecule has 4 heteroatoms. The summed E-state index contributed by atoms with van der Waals surface area (Å²) in [5.74, 6) is 0.701. The Morgan fingerprint density at radius 1 is 1.67 bits per heavy atom. The second-order valence-corrected chi connectivity index (χ2v) is 3.63. The monoisotopic (exact) mass is 167 g/mol. The van der Waals surface area contributed by atoms with Crippen LogP contribution in [0.1, 0.15) is 6.42 Å². The molecule has 12 heavy (non-hydrogen) atoms. The number of carbonyl (C=O) groups excluding carboxylic acids is 1. The van der Waals surface area contributed by atoms with Crippen molar-refractivity contribution in [1.82, 2.24) is 15.5 Å². The highest BCUT2D eigenvalue weighted by Crippen LogP contribution is 2.24. The van der Waals surface area contributed by atoms with E-state index < -0.39 is 0 Å². The van der Waals surface area contributed by atoms with Gasteiger partial charge in [-0.1, -0.05) is 6.58 Å². The fourth-order valence-electron chi connectivity index (χ4n) is 1.92. The van der Waals surface area contributed by atoms with Crippen LogP contribution in [0.25, 0.3) is 0 Å². The summed E-state index contributed by atoms with van der Waals surface area (Å²) >= 11 is 0. The van der Waals surface area contributed by atoms with Gasteiger partial charge in [0.1, 0.15) is 5.54 Å². The minimum absolute atomic E-state index is 0.0665. The topological polar surface area (TPSA) is 44.4 Å². The van der Waals surface area contributed by atoms with E-state index in [-0.39, 0.29) is 11.4 Å². The van der Waals surface area contributed by atoms with Crippen LogP contribution < -0.4 is 10.6 Å². The van der Waals surface area contributed by atoms with Crippen molar-refractivity contribution in [1.29, 1.82) is 0 Å². The third kappa shape index (κ3) is 0.914. The van der Waals surface area contributed by atoms with E-state index in [2.05, 4.69) is 22.1 Å². The van der Waals surface area contributed by atoms with Crippen LogP contribution in [0.5, 0.6) is 0 Å². The predicted molar refractivity (Wildman–Crippen MR) is 45.3 cm³/mol. The molecule has 2 fully saturated rings. The average molecular weight is 167 g/mol. The second kappa shape index (κ2) is 2.23. The van der Waals surface area contributed by atoms with E-state index in [0.717, 1.165) is 19.5 Å². The molecule has 2 N–H and O–H groups in total. The standard InChI is InChI=1S/C8H13N3O/c1-6-9-7(12)8(10-6)3-4-11(2)5-8/h10H,1,3-5H2,2H3,(H,9,12). The Morgan fingerprint density at radius 2 is 2.42 bits per heavy atom. The number of rotatable bonds is 0. The summed E-state index contributed by atoms with van der Waals surface area (Å²) in [6.45, 7) is 5.43. The molecular weight excluding hydrogens is 154 g/mol. The third-order valence-electron chi connectivity index (χ3n) is 2.55. The summed E-state index contributed by atoms with van der Waals surface area (Å²) in [5.41, 5.74) is -0.383. The summed E-state index contributed by atoms with van der Waals surface area (Å²) in [6.07, 6.45) is 0.869. The number of likely N-dealkylation sites (N-methyl/N-ethyl adjacent to an activating group) is 1. The van der Waals surface area contributed by atoms with Crippen molar-refractivity contribution in [3.8, 4) is 0 Å². The van der Waals surface area contributed by atoms with Crippen molar-refractivity contribution in [2.24, 2.45) is 0 Å². The van der Waals surface area contributed by atoms with Crippen molar-refractivity contribution in [3.63, 3.8) is 0 Å². The van der Waals surface area contributed by atoms with Crippen molar-refractivity contribution in [3.05, 3.63) is 12.4 Å². The molecular formula is C8H13N3O. The molecule has 0 bridgehead atoms. The molecule has 0 aromatic heterocycles. The molecule has 0 radical (unpaired) electrons. The second-order valence-electron chi connectivity index (χ2n) is 3.63.